The number of nitrogens with zero attached hydrogens (tertiary/aromatic N) is 2. The van der Waals surface area contributed by atoms with Crippen molar-refractivity contribution in [2.45, 2.75) is 13.3 Å². The van der Waals surface area contributed by atoms with Crippen LogP contribution in [0, 0.1) is 6.92 Å². The Morgan fingerprint density at radius 1 is 1.05 bits per heavy atom. The molecule has 2 rings (SSSR count). The van der Waals surface area contributed by atoms with Gasteiger partial charge >= 0.3 is 0 Å². The summed E-state index contributed by atoms with van der Waals surface area (Å²) in [7, 11) is 1.52. The van der Waals surface area contributed by atoms with Crippen molar-refractivity contribution in [2.24, 2.45) is 0 Å². The van der Waals surface area contributed by atoms with E-state index in [1.807, 2.05) is 36.1 Å². The lowest BCUT2D eigenvalue weighted by atomic mass is 10.1. The van der Waals surface area contributed by atoms with Crippen LogP contribution in [0.25, 0.3) is 0 Å². The van der Waals surface area contributed by atoms with E-state index in [0.717, 1.165) is 12.0 Å². The highest BCUT2D eigenvalue weighted by Gasteiger charge is 2.22. The topological polar surface area (TPSA) is 49.9 Å². The molecule has 0 atom stereocenters. The number of amides is 2. The van der Waals surface area contributed by atoms with E-state index >= 15 is 0 Å². The van der Waals surface area contributed by atoms with E-state index < -0.39 is 0 Å². The van der Waals surface area contributed by atoms with Gasteiger partial charge in [0.25, 0.3) is 5.91 Å². The number of hydrogen-bond donors (Lipinski definition) is 0. The maximum absolute atomic E-state index is 12.5. The van der Waals surface area contributed by atoms with Crippen LogP contribution in [0.1, 0.15) is 22.3 Å². The Bertz CT molecular complexity index is 499. The monoisotopic (exact) mass is 290 g/mol. The maximum Gasteiger partial charge on any atom is 0.253 e. The van der Waals surface area contributed by atoms with E-state index in [4.69, 9.17) is 4.74 Å². The Kier molecular flexibility index (Phi) is 5.33. The van der Waals surface area contributed by atoms with Crippen LogP contribution in [-0.4, -0.2) is 61.5 Å². The molecule has 1 heterocycles. The molecule has 1 aliphatic heterocycles. The minimum Gasteiger partial charge on any atom is -0.375 e. The Morgan fingerprint density at radius 2 is 1.67 bits per heavy atom. The number of carbonyl (C=O) groups is 2. The van der Waals surface area contributed by atoms with Crippen molar-refractivity contribution >= 4 is 11.8 Å². The van der Waals surface area contributed by atoms with Crippen molar-refractivity contribution in [3.05, 3.63) is 35.4 Å². The van der Waals surface area contributed by atoms with Gasteiger partial charge in [-0.2, -0.15) is 0 Å². The third kappa shape index (κ3) is 4.04. The molecule has 0 radical (unpaired) electrons. The summed E-state index contributed by atoms with van der Waals surface area (Å²) in [6, 6.07) is 7.60. The molecule has 114 valence electrons. The van der Waals surface area contributed by atoms with Gasteiger partial charge in [0.05, 0.1) is 0 Å². The van der Waals surface area contributed by atoms with Gasteiger partial charge in [0, 0.05) is 38.9 Å². The maximum atomic E-state index is 12.5. The van der Waals surface area contributed by atoms with Crippen LogP contribution < -0.4 is 0 Å². The third-order valence-electron chi connectivity index (χ3n) is 3.70. The highest BCUT2D eigenvalue weighted by Crippen LogP contribution is 2.10. The number of methoxy groups -OCH3 is 1. The predicted octanol–water partition coefficient (Wildman–Crippen LogP) is 1.32. The Hall–Kier alpha value is -1.88. The second-order valence-electron chi connectivity index (χ2n) is 5.33. The second-order valence-corrected chi connectivity index (χ2v) is 5.33. The first-order chi connectivity index (χ1) is 10.1. The van der Waals surface area contributed by atoms with Crippen molar-refractivity contribution in [3.63, 3.8) is 0 Å². The number of aryl methyl sites for hydroxylation is 1. The molecule has 1 fully saturated rings. The smallest absolute Gasteiger partial charge is 0.253 e. The summed E-state index contributed by atoms with van der Waals surface area (Å²) in [5.41, 5.74) is 1.84. The third-order valence-corrected chi connectivity index (χ3v) is 3.70. The number of benzene rings is 1. The van der Waals surface area contributed by atoms with Crippen molar-refractivity contribution in [1.82, 2.24) is 9.80 Å². The van der Waals surface area contributed by atoms with Gasteiger partial charge in [-0.25, -0.2) is 0 Å². The zero-order chi connectivity index (χ0) is 15.2. The summed E-state index contributed by atoms with van der Waals surface area (Å²) in [4.78, 5) is 27.9. The van der Waals surface area contributed by atoms with Crippen molar-refractivity contribution in [2.75, 3.05) is 39.9 Å². The summed E-state index contributed by atoms with van der Waals surface area (Å²) in [5, 5.41) is 0. The number of hydrogen-bond acceptors (Lipinski definition) is 3. The fraction of sp³-hybridized carbons (Fsp3) is 0.500. The Balaban J connectivity index is 1.97. The molecule has 5 nitrogen and oxygen atoms in total. The second kappa shape index (κ2) is 7.22. The van der Waals surface area contributed by atoms with Gasteiger partial charge in [0.2, 0.25) is 5.91 Å². The molecule has 5 heteroatoms. The van der Waals surface area contributed by atoms with E-state index in [2.05, 4.69) is 0 Å². The Morgan fingerprint density at radius 3 is 2.33 bits per heavy atom. The molecule has 0 spiro atoms. The summed E-state index contributed by atoms with van der Waals surface area (Å²) in [5.74, 6) is 0.0261. The standard InChI is InChI=1S/C16H22N2O3/c1-13-4-6-14(7-5-13)16(20)18-9-3-8-17(10-11-18)15(19)12-21-2/h4-7H,3,8-12H2,1-2H3. The van der Waals surface area contributed by atoms with Crippen molar-refractivity contribution in [3.8, 4) is 0 Å². The van der Waals surface area contributed by atoms with Crippen LogP contribution in [-0.2, 0) is 9.53 Å². The molecule has 0 N–H and O–H groups in total. The van der Waals surface area contributed by atoms with Gasteiger partial charge in [0.15, 0.2) is 0 Å². The molecule has 0 bridgehead atoms. The predicted molar refractivity (Wildman–Crippen MR) is 80.2 cm³/mol. The quantitative estimate of drug-likeness (QED) is 0.843. The molecule has 0 saturated carbocycles. The molecule has 2 amide bonds. The Labute approximate surface area is 125 Å². The van der Waals surface area contributed by atoms with Crippen LogP contribution in [0.15, 0.2) is 24.3 Å². The molecule has 1 aromatic carbocycles. The summed E-state index contributed by atoms with van der Waals surface area (Å²) in [6.07, 6.45) is 0.799. The number of rotatable bonds is 3. The van der Waals surface area contributed by atoms with Crippen molar-refractivity contribution < 1.29 is 14.3 Å². The molecule has 0 aliphatic carbocycles. The van der Waals surface area contributed by atoms with Crippen LogP contribution >= 0.6 is 0 Å². The lowest BCUT2D eigenvalue weighted by molar-refractivity contribution is -0.135. The molecule has 1 aromatic rings. The average Bonchev–Trinajstić information content (AvgIpc) is 2.73. The fourth-order valence-electron chi connectivity index (χ4n) is 2.46. The largest absolute Gasteiger partial charge is 0.375 e. The molecule has 21 heavy (non-hydrogen) atoms. The minimum atomic E-state index is -0.0119. The minimum absolute atomic E-state index is 0.0119. The summed E-state index contributed by atoms with van der Waals surface area (Å²) < 4.78 is 4.88. The van der Waals surface area contributed by atoms with Gasteiger partial charge < -0.3 is 14.5 Å². The lowest BCUT2D eigenvalue weighted by Gasteiger charge is -2.22. The average molecular weight is 290 g/mol. The van der Waals surface area contributed by atoms with E-state index in [-0.39, 0.29) is 18.4 Å². The number of ether oxygens (including phenoxy) is 1. The highest BCUT2D eigenvalue weighted by molar-refractivity contribution is 5.94. The van der Waals surface area contributed by atoms with Crippen LogP contribution in [0.5, 0.6) is 0 Å². The normalized spacial score (nSPS) is 15.7. The summed E-state index contributed by atoms with van der Waals surface area (Å²) in [6.45, 7) is 4.61. The van der Waals surface area contributed by atoms with Gasteiger partial charge in [-0.15, -0.1) is 0 Å². The fourth-order valence-corrected chi connectivity index (χ4v) is 2.46. The van der Waals surface area contributed by atoms with Gasteiger partial charge in [0.1, 0.15) is 6.61 Å². The van der Waals surface area contributed by atoms with E-state index in [9.17, 15) is 9.59 Å². The molecule has 0 aromatic heterocycles. The molecule has 0 unspecified atom stereocenters. The first-order valence-corrected chi connectivity index (χ1v) is 7.24. The van der Waals surface area contributed by atoms with Gasteiger partial charge in [-0.1, -0.05) is 17.7 Å². The van der Waals surface area contributed by atoms with E-state index in [1.165, 1.54) is 7.11 Å². The highest BCUT2D eigenvalue weighted by atomic mass is 16.5. The van der Waals surface area contributed by atoms with Crippen LogP contribution in [0.2, 0.25) is 0 Å². The molecule has 1 aliphatic rings. The first kappa shape index (κ1) is 15.5. The molecular weight excluding hydrogens is 268 g/mol. The molecule has 1 saturated heterocycles. The zero-order valence-electron chi connectivity index (χ0n) is 12.7. The lowest BCUT2D eigenvalue weighted by Crippen LogP contribution is -2.38. The number of carbonyl (C=O) groups excluding carboxylic acids is 2. The van der Waals surface area contributed by atoms with Gasteiger partial charge in [-0.05, 0) is 25.5 Å². The van der Waals surface area contributed by atoms with Crippen LogP contribution in [0.3, 0.4) is 0 Å². The summed E-state index contributed by atoms with van der Waals surface area (Å²) >= 11 is 0. The SMILES string of the molecule is COCC(=O)N1CCCN(C(=O)c2ccc(C)cc2)CC1. The van der Waals surface area contributed by atoms with E-state index in [1.54, 1.807) is 4.90 Å². The van der Waals surface area contributed by atoms with Crippen LogP contribution in [0.4, 0.5) is 0 Å². The van der Waals surface area contributed by atoms with E-state index in [0.29, 0.717) is 31.7 Å². The first-order valence-electron chi connectivity index (χ1n) is 7.24. The zero-order valence-corrected chi connectivity index (χ0v) is 12.7. The molecular formula is C16H22N2O3. The van der Waals surface area contributed by atoms with Gasteiger partial charge in [-0.3, -0.25) is 9.59 Å². The van der Waals surface area contributed by atoms with Crippen molar-refractivity contribution in [1.29, 1.82) is 0 Å².